The van der Waals surface area contributed by atoms with Gasteiger partial charge in [0, 0.05) is 4.65 Å². The lowest BCUT2D eigenvalue weighted by molar-refractivity contribution is 0.272. The van der Waals surface area contributed by atoms with Crippen LogP contribution in [0.1, 0.15) is 82.1 Å². The van der Waals surface area contributed by atoms with Crippen LogP contribution in [0.5, 0.6) is 0 Å². The summed E-state index contributed by atoms with van der Waals surface area (Å²) in [4.78, 5) is 0. The van der Waals surface area contributed by atoms with Gasteiger partial charge in [-0.15, -0.1) is 0 Å². The van der Waals surface area contributed by atoms with Gasteiger partial charge in [-0.05, 0) is 17.2 Å². The van der Waals surface area contributed by atoms with Crippen molar-refractivity contribution >= 4 is 23.5 Å². The van der Waals surface area contributed by atoms with Crippen LogP contribution in [0.2, 0.25) is 10.6 Å². The van der Waals surface area contributed by atoms with Crippen LogP contribution >= 0.6 is 0 Å². The van der Waals surface area contributed by atoms with Crippen molar-refractivity contribution in [1.82, 2.24) is 0 Å². The summed E-state index contributed by atoms with van der Waals surface area (Å²) in [7, 11) is -2.45. The summed E-state index contributed by atoms with van der Waals surface area (Å²) in [6, 6.07) is 0. The van der Waals surface area contributed by atoms with E-state index in [1.807, 2.05) is 13.8 Å². The molecule has 0 aliphatic heterocycles. The van der Waals surface area contributed by atoms with Gasteiger partial charge in [0.25, 0.3) is 6.56 Å². The van der Waals surface area contributed by atoms with Gasteiger partial charge in [-0.3, -0.25) is 0 Å². The van der Waals surface area contributed by atoms with Crippen molar-refractivity contribution in [2.45, 2.75) is 97.4 Å². The summed E-state index contributed by atoms with van der Waals surface area (Å²) < 4.78 is 25.7. The van der Waals surface area contributed by atoms with Gasteiger partial charge in [0.05, 0.1) is 0 Å². The van der Waals surface area contributed by atoms with Gasteiger partial charge in [0.1, 0.15) is 9.69 Å². The van der Waals surface area contributed by atoms with Crippen LogP contribution in [0.4, 0.5) is 0 Å². The molecule has 21 heavy (non-hydrogen) atoms. The van der Waals surface area contributed by atoms with Crippen molar-refractivity contribution < 1.29 is 8.42 Å². The quantitative estimate of drug-likeness (QED) is 0.690. The normalized spacial score (nSPS) is 19.5. The molecule has 0 spiro atoms. The van der Waals surface area contributed by atoms with Gasteiger partial charge in [0.2, 0.25) is 0 Å². The Morgan fingerprint density at radius 3 is 1.48 bits per heavy atom. The predicted molar refractivity (Wildman–Crippen MR) is 99.7 cm³/mol. The fraction of sp³-hybridized carbons (Fsp3) is 1.00. The van der Waals surface area contributed by atoms with Crippen molar-refractivity contribution in [2.75, 3.05) is 0 Å². The second-order valence-corrected chi connectivity index (χ2v) is 12.0. The molecule has 0 aromatic heterocycles. The molecular weight excluding hydrogens is 278 g/mol. The van der Waals surface area contributed by atoms with E-state index in [4.69, 9.17) is 0 Å². The first-order chi connectivity index (χ1) is 9.04. The molecule has 0 aliphatic carbocycles. The molecule has 0 N–H and O–H groups in total. The van der Waals surface area contributed by atoms with Crippen molar-refractivity contribution in [3.8, 4) is 0 Å². The Morgan fingerprint density at radius 1 is 0.810 bits per heavy atom. The Labute approximate surface area is 135 Å². The lowest BCUT2D eigenvalue weighted by atomic mass is 9.47. The molecule has 0 rings (SSSR count). The van der Waals surface area contributed by atoms with E-state index in [1.165, 1.54) is 0 Å². The fourth-order valence-corrected chi connectivity index (χ4v) is 5.94. The van der Waals surface area contributed by atoms with E-state index < -0.39 is 14.3 Å². The fourth-order valence-electron chi connectivity index (χ4n) is 3.02. The lowest BCUT2D eigenvalue weighted by Gasteiger charge is -2.43. The zero-order valence-electron chi connectivity index (χ0n) is 16.1. The van der Waals surface area contributed by atoms with Gasteiger partial charge in [0.15, 0.2) is 7.28 Å². The zero-order chi connectivity index (χ0) is 17.3. The molecule has 2 nitrogen and oxygen atoms in total. The molecule has 0 radical (unpaired) electrons. The average molecular weight is 314 g/mol. The molecular formula is C16H36B2O2S. The Morgan fingerprint density at radius 2 is 1.24 bits per heavy atom. The summed E-state index contributed by atoms with van der Waals surface area (Å²) in [5.41, 5.74) is -0.0226. The first-order valence-electron chi connectivity index (χ1n) is 8.26. The van der Waals surface area contributed by atoms with Crippen LogP contribution in [0, 0.1) is 5.41 Å². The predicted octanol–water partition coefficient (Wildman–Crippen LogP) is 4.17. The van der Waals surface area contributed by atoms with Crippen molar-refractivity contribution in [2.24, 2.45) is 5.41 Å². The molecule has 0 aliphatic rings. The van der Waals surface area contributed by atoms with Gasteiger partial charge >= 0.3 is 0 Å². The Balaban J connectivity index is 5.65. The molecule has 0 heterocycles. The summed E-state index contributed by atoms with van der Waals surface area (Å²) in [6.07, 6.45) is 1.56. The third-order valence-electron chi connectivity index (χ3n) is 5.50. The first-order valence-corrected chi connectivity index (χ1v) is 9.91. The third kappa shape index (κ3) is 5.04. The Bertz CT molecular complexity index is 446. The number of hydrogen-bond donors (Lipinski definition) is 0. The van der Waals surface area contributed by atoms with E-state index >= 15 is 0 Å². The molecule has 2 atom stereocenters. The summed E-state index contributed by atoms with van der Waals surface area (Å²) in [5, 5.41) is -0.178. The van der Waals surface area contributed by atoms with Crippen LogP contribution in [-0.4, -0.2) is 26.9 Å². The number of hydrogen-bond acceptors (Lipinski definition) is 2. The highest BCUT2D eigenvalue weighted by atomic mass is 32.2. The molecule has 0 bridgehead atoms. The maximum atomic E-state index is 13.2. The topological polar surface area (TPSA) is 34.1 Å². The van der Waals surface area contributed by atoms with E-state index in [9.17, 15) is 8.42 Å². The second-order valence-electron chi connectivity index (χ2n) is 9.46. The van der Waals surface area contributed by atoms with Gasteiger partial charge in [-0.2, -0.15) is 0 Å². The lowest BCUT2D eigenvalue weighted by Crippen LogP contribution is -2.50. The standard InChI is InChI=1S/C16H36B2O2S/c1-11-15(9,13(3,4)5)18-21(19,20)16(10,12-2)17-14(6,7)8/h17-18H,11-12H2,1-10H3. The van der Waals surface area contributed by atoms with Crippen LogP contribution in [0.15, 0.2) is 0 Å². The van der Waals surface area contributed by atoms with E-state index in [-0.39, 0.29) is 22.6 Å². The Kier molecular flexibility index (Phi) is 6.32. The molecule has 5 heteroatoms. The van der Waals surface area contributed by atoms with Crippen LogP contribution < -0.4 is 0 Å². The minimum Gasteiger partial charge on any atom is -0.242 e. The Hall–Kier alpha value is 0.0799. The van der Waals surface area contributed by atoms with Crippen molar-refractivity contribution in [3.05, 3.63) is 0 Å². The molecule has 0 saturated heterocycles. The van der Waals surface area contributed by atoms with Crippen LogP contribution in [-0.2, 0) is 9.69 Å². The van der Waals surface area contributed by atoms with Gasteiger partial charge in [-0.1, -0.05) is 81.0 Å². The van der Waals surface area contributed by atoms with Gasteiger partial charge in [-0.25, -0.2) is 8.42 Å². The van der Waals surface area contributed by atoms with Crippen LogP contribution in [0.3, 0.4) is 0 Å². The maximum Gasteiger partial charge on any atom is 0.280 e. The second kappa shape index (κ2) is 6.29. The summed E-state index contributed by atoms with van der Waals surface area (Å²) >= 11 is 0. The molecule has 0 fully saturated rings. The van der Waals surface area contributed by atoms with E-state index in [0.29, 0.717) is 13.7 Å². The minimum atomic E-state index is -3.16. The molecule has 0 aromatic rings. The maximum absolute atomic E-state index is 13.2. The van der Waals surface area contributed by atoms with E-state index in [2.05, 4.69) is 55.4 Å². The number of rotatable bonds is 6. The molecule has 0 aromatic carbocycles. The summed E-state index contributed by atoms with van der Waals surface area (Å²) in [5.74, 6) is 0. The minimum absolute atomic E-state index is 0.0161. The third-order valence-corrected chi connectivity index (χ3v) is 8.45. The highest BCUT2D eigenvalue weighted by molar-refractivity contribution is 8.17. The molecule has 0 saturated carbocycles. The first kappa shape index (κ1) is 21.1. The van der Waals surface area contributed by atoms with E-state index in [1.54, 1.807) is 0 Å². The van der Waals surface area contributed by atoms with Crippen molar-refractivity contribution in [1.29, 1.82) is 0 Å². The average Bonchev–Trinajstić information content (AvgIpc) is 2.24. The van der Waals surface area contributed by atoms with Gasteiger partial charge < -0.3 is 0 Å². The SMILES string of the molecule is CCC(C)(BS(=O)(=O)C(C)(BC(C)(C)C)CC)C(C)(C)C. The van der Waals surface area contributed by atoms with E-state index in [0.717, 1.165) is 6.42 Å². The van der Waals surface area contributed by atoms with Crippen LogP contribution in [0.25, 0.3) is 0 Å². The zero-order valence-corrected chi connectivity index (χ0v) is 16.9. The molecule has 2 unspecified atom stereocenters. The monoisotopic (exact) mass is 314 g/mol. The smallest absolute Gasteiger partial charge is 0.242 e. The highest BCUT2D eigenvalue weighted by Crippen LogP contribution is 2.49. The molecule has 124 valence electrons. The summed E-state index contributed by atoms with van der Waals surface area (Å²) in [6.45, 7) is 21.3. The largest absolute Gasteiger partial charge is 0.280 e. The highest BCUT2D eigenvalue weighted by Gasteiger charge is 2.48. The van der Waals surface area contributed by atoms with Crippen molar-refractivity contribution in [3.63, 3.8) is 0 Å². The molecule has 0 amide bonds.